The number of rotatable bonds is 15. The number of aliphatic carboxylic acids is 2. The van der Waals surface area contributed by atoms with Crippen LogP contribution >= 0.6 is 0 Å². The topological polar surface area (TPSA) is 93.1 Å². The Morgan fingerprint density at radius 1 is 1.00 bits per heavy atom. The molecule has 6 heteroatoms. The normalized spacial score (nSPS) is 13.7. The molecule has 0 spiro atoms. The standard InChI is InChI=1S/C16H30O6/c1-3-4-10-21-11-12-22-13(2)8-9-14(16(19)20)6-5-7-15(17)18/h13-14H,3-12H2,1-2H3,(H,17,18)(H,19,20). The Hall–Kier alpha value is -1.14. The number of carboxylic acids is 2. The van der Waals surface area contributed by atoms with Crippen LogP contribution in [-0.2, 0) is 19.1 Å². The van der Waals surface area contributed by atoms with Gasteiger partial charge in [-0.3, -0.25) is 9.59 Å². The van der Waals surface area contributed by atoms with Gasteiger partial charge in [0.1, 0.15) is 0 Å². The zero-order valence-corrected chi connectivity index (χ0v) is 13.8. The molecule has 0 aromatic rings. The van der Waals surface area contributed by atoms with Crippen molar-refractivity contribution >= 4 is 11.9 Å². The number of ether oxygens (including phenoxy) is 2. The third kappa shape index (κ3) is 12.6. The predicted molar refractivity (Wildman–Crippen MR) is 83.0 cm³/mol. The minimum Gasteiger partial charge on any atom is -0.481 e. The van der Waals surface area contributed by atoms with E-state index in [0.717, 1.165) is 19.4 Å². The molecule has 0 aliphatic heterocycles. The van der Waals surface area contributed by atoms with E-state index in [9.17, 15) is 9.59 Å². The first kappa shape index (κ1) is 20.9. The van der Waals surface area contributed by atoms with Crippen molar-refractivity contribution in [3.63, 3.8) is 0 Å². The first-order valence-electron chi connectivity index (χ1n) is 8.11. The summed E-state index contributed by atoms with van der Waals surface area (Å²) in [4.78, 5) is 21.6. The van der Waals surface area contributed by atoms with E-state index < -0.39 is 17.9 Å². The maximum atomic E-state index is 11.1. The van der Waals surface area contributed by atoms with Crippen LogP contribution in [0, 0.1) is 5.92 Å². The van der Waals surface area contributed by atoms with E-state index in [1.54, 1.807) is 0 Å². The van der Waals surface area contributed by atoms with Crippen molar-refractivity contribution in [2.45, 2.75) is 64.9 Å². The Morgan fingerprint density at radius 3 is 2.32 bits per heavy atom. The summed E-state index contributed by atoms with van der Waals surface area (Å²) in [5, 5.41) is 17.7. The van der Waals surface area contributed by atoms with Gasteiger partial charge in [-0.15, -0.1) is 0 Å². The molecule has 0 saturated carbocycles. The second-order valence-electron chi connectivity index (χ2n) is 5.55. The van der Waals surface area contributed by atoms with Crippen LogP contribution in [0.3, 0.4) is 0 Å². The third-order valence-electron chi connectivity index (χ3n) is 3.49. The maximum absolute atomic E-state index is 11.1. The third-order valence-corrected chi connectivity index (χ3v) is 3.49. The highest BCUT2D eigenvalue weighted by Crippen LogP contribution is 2.17. The van der Waals surface area contributed by atoms with Crippen LogP contribution in [0.2, 0.25) is 0 Å². The van der Waals surface area contributed by atoms with Gasteiger partial charge >= 0.3 is 11.9 Å². The highest BCUT2D eigenvalue weighted by molar-refractivity contribution is 5.70. The largest absolute Gasteiger partial charge is 0.481 e. The molecule has 130 valence electrons. The average Bonchev–Trinajstić information content (AvgIpc) is 2.45. The Labute approximate surface area is 132 Å². The molecule has 22 heavy (non-hydrogen) atoms. The van der Waals surface area contributed by atoms with Crippen molar-refractivity contribution in [2.75, 3.05) is 19.8 Å². The lowest BCUT2D eigenvalue weighted by Crippen LogP contribution is -2.19. The van der Waals surface area contributed by atoms with Gasteiger partial charge in [-0.1, -0.05) is 13.3 Å². The van der Waals surface area contributed by atoms with Crippen LogP contribution in [0.4, 0.5) is 0 Å². The van der Waals surface area contributed by atoms with Crippen molar-refractivity contribution in [2.24, 2.45) is 5.92 Å². The van der Waals surface area contributed by atoms with E-state index in [0.29, 0.717) is 38.9 Å². The Balaban J connectivity index is 3.75. The Morgan fingerprint density at radius 2 is 1.73 bits per heavy atom. The molecule has 0 bridgehead atoms. The molecular formula is C16H30O6. The van der Waals surface area contributed by atoms with Crippen molar-refractivity contribution in [3.8, 4) is 0 Å². The second-order valence-corrected chi connectivity index (χ2v) is 5.55. The molecular weight excluding hydrogens is 288 g/mol. The lowest BCUT2D eigenvalue weighted by molar-refractivity contribution is -0.143. The SMILES string of the molecule is CCCCOCCOC(C)CCC(CCCC(=O)O)C(=O)O. The van der Waals surface area contributed by atoms with Gasteiger partial charge in [-0.25, -0.2) is 0 Å². The van der Waals surface area contributed by atoms with Gasteiger partial charge in [-0.05, 0) is 39.0 Å². The zero-order valence-electron chi connectivity index (χ0n) is 13.8. The summed E-state index contributed by atoms with van der Waals surface area (Å²) < 4.78 is 11.0. The summed E-state index contributed by atoms with van der Waals surface area (Å²) in [6.07, 6.45) is 4.11. The van der Waals surface area contributed by atoms with Crippen LogP contribution in [0.1, 0.15) is 58.8 Å². The highest BCUT2D eigenvalue weighted by atomic mass is 16.5. The van der Waals surface area contributed by atoms with Gasteiger partial charge in [0.05, 0.1) is 25.2 Å². The fraction of sp³-hybridized carbons (Fsp3) is 0.875. The molecule has 0 radical (unpaired) electrons. The molecule has 6 nitrogen and oxygen atoms in total. The number of carbonyl (C=O) groups is 2. The summed E-state index contributed by atoms with van der Waals surface area (Å²) in [6.45, 7) is 5.85. The molecule has 0 heterocycles. The lowest BCUT2D eigenvalue weighted by Gasteiger charge is -2.16. The van der Waals surface area contributed by atoms with E-state index >= 15 is 0 Å². The van der Waals surface area contributed by atoms with Crippen LogP contribution in [0.15, 0.2) is 0 Å². The van der Waals surface area contributed by atoms with Crippen LogP contribution in [0.5, 0.6) is 0 Å². The predicted octanol–water partition coefficient (Wildman–Crippen LogP) is 2.94. The Bertz CT molecular complexity index is 305. The molecule has 0 aromatic carbocycles. The summed E-state index contributed by atoms with van der Waals surface area (Å²) >= 11 is 0. The molecule has 0 fully saturated rings. The smallest absolute Gasteiger partial charge is 0.306 e. The molecule has 2 atom stereocenters. The Kier molecular flexibility index (Phi) is 12.8. The van der Waals surface area contributed by atoms with E-state index in [-0.39, 0.29) is 12.5 Å². The number of carboxylic acid groups (broad SMARTS) is 2. The molecule has 2 N–H and O–H groups in total. The minimum absolute atomic E-state index is 0.0175. The van der Waals surface area contributed by atoms with E-state index in [1.807, 2.05) is 6.92 Å². The number of unbranched alkanes of at least 4 members (excludes halogenated alkanes) is 1. The van der Waals surface area contributed by atoms with Crippen LogP contribution < -0.4 is 0 Å². The quantitative estimate of drug-likeness (QED) is 0.451. The molecule has 0 saturated heterocycles. The zero-order chi connectivity index (χ0) is 16.8. The van der Waals surface area contributed by atoms with Gasteiger partial charge in [0, 0.05) is 13.0 Å². The van der Waals surface area contributed by atoms with Gasteiger partial charge in [0.2, 0.25) is 0 Å². The highest BCUT2D eigenvalue weighted by Gasteiger charge is 2.18. The molecule has 0 amide bonds. The summed E-state index contributed by atoms with van der Waals surface area (Å²) in [5.41, 5.74) is 0. The summed E-state index contributed by atoms with van der Waals surface area (Å²) in [6, 6.07) is 0. The van der Waals surface area contributed by atoms with Gasteiger partial charge in [0.15, 0.2) is 0 Å². The van der Waals surface area contributed by atoms with Gasteiger partial charge < -0.3 is 19.7 Å². The second kappa shape index (κ2) is 13.5. The first-order chi connectivity index (χ1) is 10.5. The minimum atomic E-state index is -0.885. The van der Waals surface area contributed by atoms with Gasteiger partial charge in [-0.2, -0.15) is 0 Å². The van der Waals surface area contributed by atoms with Crippen LogP contribution in [0.25, 0.3) is 0 Å². The fourth-order valence-corrected chi connectivity index (χ4v) is 2.07. The molecule has 2 unspecified atom stereocenters. The van der Waals surface area contributed by atoms with E-state index in [4.69, 9.17) is 19.7 Å². The van der Waals surface area contributed by atoms with Gasteiger partial charge in [0.25, 0.3) is 0 Å². The average molecular weight is 318 g/mol. The molecule has 0 aliphatic carbocycles. The maximum Gasteiger partial charge on any atom is 0.306 e. The number of hydrogen-bond acceptors (Lipinski definition) is 4. The first-order valence-corrected chi connectivity index (χ1v) is 8.11. The van der Waals surface area contributed by atoms with Crippen molar-refractivity contribution in [1.29, 1.82) is 0 Å². The summed E-state index contributed by atoms with van der Waals surface area (Å²) in [7, 11) is 0. The monoisotopic (exact) mass is 318 g/mol. The molecule has 0 aliphatic rings. The molecule has 0 rings (SSSR count). The fourth-order valence-electron chi connectivity index (χ4n) is 2.07. The van der Waals surface area contributed by atoms with Crippen molar-refractivity contribution in [1.82, 2.24) is 0 Å². The number of hydrogen-bond donors (Lipinski definition) is 2. The summed E-state index contributed by atoms with van der Waals surface area (Å²) in [5.74, 6) is -2.24. The van der Waals surface area contributed by atoms with E-state index in [1.165, 1.54) is 0 Å². The van der Waals surface area contributed by atoms with Crippen molar-refractivity contribution < 1.29 is 29.3 Å². The molecule has 0 aromatic heterocycles. The lowest BCUT2D eigenvalue weighted by atomic mass is 9.95. The van der Waals surface area contributed by atoms with Crippen molar-refractivity contribution in [3.05, 3.63) is 0 Å². The van der Waals surface area contributed by atoms with Crippen LogP contribution in [-0.4, -0.2) is 48.1 Å². The van der Waals surface area contributed by atoms with E-state index in [2.05, 4.69) is 6.92 Å².